The molecule has 27 heavy (non-hydrogen) atoms. The number of aromatic nitrogens is 2. The lowest BCUT2D eigenvalue weighted by molar-refractivity contribution is -0.539. The second-order valence-electron chi connectivity index (χ2n) is 6.90. The number of rotatable bonds is 5. The van der Waals surface area contributed by atoms with E-state index >= 15 is 0 Å². The van der Waals surface area contributed by atoms with E-state index in [0.29, 0.717) is 37.9 Å². The van der Waals surface area contributed by atoms with Crippen molar-refractivity contribution in [3.8, 4) is 0 Å². The molecule has 0 N–H and O–H groups in total. The first-order valence-corrected chi connectivity index (χ1v) is 9.16. The SMILES string of the molecule is CCCN1C(=O)C2C(=NC(n3nc(C)c(C)c3C)=[N+]2CCOC)N(C)C1=O. The Morgan fingerprint density at radius 3 is 2.48 bits per heavy atom. The minimum Gasteiger partial charge on any atom is -0.381 e. The number of methoxy groups -OCH3 is 1. The van der Waals surface area contributed by atoms with E-state index in [1.165, 1.54) is 9.80 Å². The summed E-state index contributed by atoms with van der Waals surface area (Å²) in [5.74, 6) is 0.740. The predicted octanol–water partition coefficient (Wildman–Crippen LogP) is 0.756. The van der Waals surface area contributed by atoms with E-state index in [-0.39, 0.29) is 11.9 Å². The summed E-state index contributed by atoms with van der Waals surface area (Å²) in [5, 5.41) is 4.59. The maximum absolute atomic E-state index is 13.1. The van der Waals surface area contributed by atoms with Crippen LogP contribution in [0.2, 0.25) is 0 Å². The number of carbonyl (C=O) groups excluding carboxylic acids is 2. The zero-order chi connectivity index (χ0) is 19.9. The number of amides is 3. The Morgan fingerprint density at radius 1 is 1.22 bits per heavy atom. The van der Waals surface area contributed by atoms with Crippen molar-refractivity contribution < 1.29 is 18.9 Å². The van der Waals surface area contributed by atoms with E-state index in [2.05, 4.69) is 10.1 Å². The first kappa shape index (κ1) is 19.2. The highest BCUT2D eigenvalue weighted by atomic mass is 16.5. The molecule has 0 radical (unpaired) electrons. The average Bonchev–Trinajstić information content (AvgIpc) is 3.14. The molecule has 9 nitrogen and oxygen atoms in total. The quantitative estimate of drug-likeness (QED) is 0.711. The van der Waals surface area contributed by atoms with E-state index in [1.54, 1.807) is 18.8 Å². The first-order chi connectivity index (χ1) is 12.8. The molecule has 1 aromatic heterocycles. The summed E-state index contributed by atoms with van der Waals surface area (Å²) in [4.78, 5) is 33.2. The van der Waals surface area contributed by atoms with Gasteiger partial charge in [0, 0.05) is 26.3 Å². The maximum Gasteiger partial charge on any atom is 0.421 e. The minimum atomic E-state index is -0.645. The van der Waals surface area contributed by atoms with Crippen LogP contribution in [0.1, 0.15) is 30.3 Å². The standard InChI is InChI=1S/C18H27N6O3/c1-7-8-23-16(25)14-15(21(5)18(23)26)19-17(22(14)9-10-27-6)24-13(4)11(2)12(3)20-24/h14H,7-10H2,1-6H3/q+1. The maximum atomic E-state index is 13.1. The van der Waals surface area contributed by atoms with Gasteiger partial charge in [-0.05, 0) is 27.2 Å². The predicted molar refractivity (Wildman–Crippen MR) is 100 cm³/mol. The van der Waals surface area contributed by atoms with Crippen LogP contribution < -0.4 is 0 Å². The molecule has 3 heterocycles. The van der Waals surface area contributed by atoms with Crippen molar-refractivity contribution in [3.63, 3.8) is 0 Å². The smallest absolute Gasteiger partial charge is 0.381 e. The minimum absolute atomic E-state index is 0.247. The van der Waals surface area contributed by atoms with Gasteiger partial charge in [-0.2, -0.15) is 0 Å². The zero-order valence-corrected chi connectivity index (χ0v) is 16.8. The van der Waals surface area contributed by atoms with E-state index in [0.717, 1.165) is 17.0 Å². The fourth-order valence-corrected chi connectivity index (χ4v) is 3.44. The van der Waals surface area contributed by atoms with Crippen LogP contribution in [0.25, 0.3) is 0 Å². The van der Waals surface area contributed by atoms with Gasteiger partial charge in [0.1, 0.15) is 5.69 Å². The van der Waals surface area contributed by atoms with Crippen LogP contribution in [0.5, 0.6) is 0 Å². The van der Waals surface area contributed by atoms with Gasteiger partial charge in [0.25, 0.3) is 5.91 Å². The molecular weight excluding hydrogens is 348 g/mol. The lowest BCUT2D eigenvalue weighted by atomic mass is 10.1. The molecule has 1 unspecified atom stereocenters. The van der Waals surface area contributed by atoms with Gasteiger partial charge in [0.15, 0.2) is 0 Å². The molecule has 1 fully saturated rings. The molecular formula is C18H27N6O3+. The number of nitrogens with zero attached hydrogens (tertiary/aromatic N) is 6. The Bertz CT molecular complexity index is 854. The van der Waals surface area contributed by atoms with Crippen LogP contribution in [0.4, 0.5) is 4.79 Å². The Balaban J connectivity index is 2.14. The molecule has 2 aliphatic heterocycles. The molecule has 0 aromatic carbocycles. The number of aryl methyl sites for hydroxylation is 1. The van der Waals surface area contributed by atoms with Crippen LogP contribution in [-0.4, -0.2) is 87.8 Å². The molecule has 146 valence electrons. The molecule has 9 heteroatoms. The molecule has 1 atom stereocenters. The van der Waals surface area contributed by atoms with Gasteiger partial charge in [-0.1, -0.05) is 11.9 Å². The van der Waals surface area contributed by atoms with Crippen LogP contribution in [0.3, 0.4) is 0 Å². The van der Waals surface area contributed by atoms with Crippen molar-refractivity contribution in [3.05, 3.63) is 17.0 Å². The van der Waals surface area contributed by atoms with E-state index in [4.69, 9.17) is 4.74 Å². The van der Waals surface area contributed by atoms with Crippen LogP contribution >= 0.6 is 0 Å². The van der Waals surface area contributed by atoms with E-state index in [9.17, 15) is 9.59 Å². The molecule has 0 spiro atoms. The van der Waals surface area contributed by atoms with E-state index < -0.39 is 6.04 Å². The lowest BCUT2D eigenvalue weighted by Gasteiger charge is -2.33. The molecule has 0 saturated carbocycles. The molecule has 1 aromatic rings. The summed E-state index contributed by atoms with van der Waals surface area (Å²) in [6, 6.07) is -0.983. The molecule has 3 rings (SSSR count). The van der Waals surface area contributed by atoms with Crippen molar-refractivity contribution in [2.45, 2.75) is 40.2 Å². The summed E-state index contributed by atoms with van der Waals surface area (Å²) in [6.07, 6.45) is 0.704. The van der Waals surface area contributed by atoms with E-state index in [1.807, 2.05) is 32.3 Å². The molecule has 0 aliphatic carbocycles. The lowest BCUT2D eigenvalue weighted by Crippen LogP contribution is -2.63. The van der Waals surface area contributed by atoms with Gasteiger partial charge >= 0.3 is 12.0 Å². The van der Waals surface area contributed by atoms with Crippen LogP contribution in [0, 0.1) is 20.8 Å². The Hall–Kier alpha value is -2.55. The topological polar surface area (TPSA) is 83.0 Å². The average molecular weight is 375 g/mol. The number of fused-ring (bicyclic) bond motifs is 1. The number of likely N-dealkylation sites (N-methyl/N-ethyl adjacent to an activating group) is 1. The summed E-state index contributed by atoms with van der Waals surface area (Å²) >= 11 is 0. The fraction of sp³-hybridized carbons (Fsp3) is 0.611. The number of imide groups is 1. The number of urea groups is 1. The van der Waals surface area contributed by atoms with Crippen molar-refractivity contribution in [1.29, 1.82) is 0 Å². The summed E-state index contributed by atoms with van der Waals surface area (Å²) in [6.45, 7) is 9.15. The highest BCUT2D eigenvalue weighted by Crippen LogP contribution is 2.22. The van der Waals surface area contributed by atoms with Crippen LogP contribution in [0.15, 0.2) is 4.99 Å². The number of amidine groups is 1. The Morgan fingerprint density at radius 2 is 1.93 bits per heavy atom. The van der Waals surface area contributed by atoms with Gasteiger partial charge < -0.3 is 4.74 Å². The summed E-state index contributed by atoms with van der Waals surface area (Å²) < 4.78 is 8.88. The van der Waals surface area contributed by atoms with Gasteiger partial charge in [-0.3, -0.25) is 14.6 Å². The van der Waals surface area contributed by atoms with Gasteiger partial charge in [0.05, 0.1) is 18.8 Å². The number of hydrogen-bond donors (Lipinski definition) is 0. The van der Waals surface area contributed by atoms with Crippen molar-refractivity contribution in [2.24, 2.45) is 4.99 Å². The molecule has 1 saturated heterocycles. The monoisotopic (exact) mass is 375 g/mol. The highest BCUT2D eigenvalue weighted by Gasteiger charge is 2.52. The second kappa shape index (κ2) is 7.22. The highest BCUT2D eigenvalue weighted by molar-refractivity contribution is 6.23. The Labute approximate surface area is 158 Å². The summed E-state index contributed by atoms with van der Waals surface area (Å²) in [7, 11) is 3.28. The summed E-state index contributed by atoms with van der Waals surface area (Å²) in [5.41, 5.74) is 2.94. The van der Waals surface area contributed by atoms with Crippen molar-refractivity contribution in [2.75, 3.05) is 33.9 Å². The first-order valence-electron chi connectivity index (χ1n) is 9.16. The van der Waals surface area contributed by atoms with Crippen molar-refractivity contribution in [1.82, 2.24) is 19.6 Å². The van der Waals surface area contributed by atoms with Crippen molar-refractivity contribution >= 4 is 23.7 Å². The fourth-order valence-electron chi connectivity index (χ4n) is 3.44. The third-order valence-electron chi connectivity index (χ3n) is 5.22. The Kier molecular flexibility index (Phi) is 5.14. The molecule has 0 bridgehead atoms. The number of carbonyl (C=O) groups is 2. The largest absolute Gasteiger partial charge is 0.421 e. The van der Waals surface area contributed by atoms with Gasteiger partial charge in [0.2, 0.25) is 11.9 Å². The number of hydrogen-bond acceptors (Lipinski definition) is 5. The number of aliphatic imine (C=N–C) groups is 1. The molecule has 3 amide bonds. The van der Waals surface area contributed by atoms with Gasteiger partial charge in [-0.25, -0.2) is 9.37 Å². The zero-order valence-electron chi connectivity index (χ0n) is 16.8. The van der Waals surface area contributed by atoms with Crippen LogP contribution in [-0.2, 0) is 9.53 Å². The third-order valence-corrected chi connectivity index (χ3v) is 5.22. The normalized spacial score (nSPS) is 19.9. The molecule has 2 aliphatic rings. The second-order valence-corrected chi connectivity index (χ2v) is 6.90. The number of ether oxygens (including phenoxy) is 1. The third kappa shape index (κ3) is 2.95. The van der Waals surface area contributed by atoms with Gasteiger partial charge in [-0.15, -0.1) is 9.78 Å².